The van der Waals surface area contributed by atoms with Crippen molar-refractivity contribution in [1.82, 2.24) is 0 Å². The molecule has 1 aromatic rings. The second kappa shape index (κ2) is 7.07. The average Bonchev–Trinajstić information content (AvgIpc) is 2.83. The molecule has 0 saturated carbocycles. The third-order valence-corrected chi connectivity index (χ3v) is 14.3. The predicted molar refractivity (Wildman–Crippen MR) is 120 cm³/mol. The number of hydrogen-bond acceptors (Lipinski definition) is 3. The summed E-state index contributed by atoms with van der Waals surface area (Å²) in [5.41, 5.74) is -0.292. The third kappa shape index (κ3) is 3.97. The first-order valence-corrected chi connectivity index (χ1v) is 13.1. The van der Waals surface area contributed by atoms with Crippen molar-refractivity contribution in [2.45, 2.75) is 103 Å². The summed E-state index contributed by atoms with van der Waals surface area (Å²) in [6, 6.07) is 6.03. The fourth-order valence-corrected chi connectivity index (χ4v) is 14.9. The van der Waals surface area contributed by atoms with Crippen LogP contribution in [0.15, 0.2) is 18.2 Å². The molecule has 154 valence electrons. The summed E-state index contributed by atoms with van der Waals surface area (Å²) in [5, 5.41) is 0.409. The van der Waals surface area contributed by atoms with E-state index in [4.69, 9.17) is 9.47 Å². The van der Waals surface area contributed by atoms with Gasteiger partial charge in [0.15, 0.2) is 5.59 Å². The Labute approximate surface area is 167 Å². The minimum absolute atomic E-state index is 0.0478. The smallest absolute Gasteiger partial charge is 0.174 e. The normalized spacial score (nSPS) is 21.2. The van der Waals surface area contributed by atoms with E-state index in [1.54, 1.807) is 0 Å². The lowest BCUT2D eigenvalue weighted by Gasteiger charge is -2.47. The summed E-state index contributed by atoms with van der Waals surface area (Å²) < 4.78 is 27.5. The number of rotatable bonds is 3. The maximum atomic E-state index is 14.8. The number of ether oxygens (including phenoxy) is 2. The van der Waals surface area contributed by atoms with Gasteiger partial charge in [0.1, 0.15) is 18.6 Å². The van der Waals surface area contributed by atoms with Gasteiger partial charge < -0.3 is 14.0 Å². The van der Waals surface area contributed by atoms with Gasteiger partial charge in [-0.2, -0.15) is 0 Å². The van der Waals surface area contributed by atoms with Crippen molar-refractivity contribution in [3.8, 4) is 11.5 Å². The van der Waals surface area contributed by atoms with Gasteiger partial charge in [-0.3, -0.25) is 0 Å². The Morgan fingerprint density at radius 3 is 1.93 bits per heavy atom. The van der Waals surface area contributed by atoms with Crippen LogP contribution in [-0.4, -0.2) is 27.2 Å². The molecule has 1 aliphatic heterocycles. The largest absolute Gasteiger partial charge is 0.490 e. The van der Waals surface area contributed by atoms with E-state index >= 15 is 0 Å². The van der Waals surface area contributed by atoms with Crippen LogP contribution in [0, 0.1) is 0 Å². The van der Waals surface area contributed by atoms with Crippen LogP contribution >= 0.6 is 15.1 Å². The predicted octanol–water partition coefficient (Wildman–Crippen LogP) is 7.02. The Morgan fingerprint density at radius 2 is 1.52 bits per heavy atom. The summed E-state index contributed by atoms with van der Waals surface area (Å²) in [6.45, 7) is 23.4. The van der Waals surface area contributed by atoms with Crippen LogP contribution in [0.1, 0.15) is 76.2 Å². The van der Waals surface area contributed by atoms with Gasteiger partial charge >= 0.3 is 0 Å². The van der Waals surface area contributed by atoms with Crippen LogP contribution in [0.4, 0.5) is 0 Å². The highest BCUT2D eigenvalue weighted by Gasteiger charge is 2.60. The van der Waals surface area contributed by atoms with Gasteiger partial charge in [-0.25, -0.2) is 0 Å². The Balaban J connectivity index is 2.75. The molecular formula is C22H38O3P2. The zero-order valence-corrected chi connectivity index (χ0v) is 20.8. The molecule has 27 heavy (non-hydrogen) atoms. The van der Waals surface area contributed by atoms with Crippen molar-refractivity contribution < 1.29 is 14.0 Å². The van der Waals surface area contributed by atoms with Crippen molar-refractivity contribution in [3.63, 3.8) is 0 Å². The minimum Gasteiger partial charge on any atom is -0.490 e. The molecular weight excluding hydrogens is 374 g/mol. The molecule has 2 rings (SSSR count). The maximum absolute atomic E-state index is 14.8. The molecule has 0 amide bonds. The van der Waals surface area contributed by atoms with Gasteiger partial charge in [0.2, 0.25) is 0 Å². The lowest BCUT2D eigenvalue weighted by Crippen LogP contribution is -2.38. The van der Waals surface area contributed by atoms with Crippen LogP contribution in [0.5, 0.6) is 11.5 Å². The van der Waals surface area contributed by atoms with Crippen LogP contribution < -0.4 is 14.8 Å². The Kier molecular flexibility index (Phi) is 5.96. The van der Waals surface area contributed by atoms with Crippen molar-refractivity contribution in [2.24, 2.45) is 0 Å². The van der Waals surface area contributed by atoms with E-state index in [0.29, 0.717) is 0 Å². The molecule has 0 bridgehead atoms. The molecule has 0 saturated heterocycles. The second-order valence-electron chi connectivity index (χ2n) is 10.8. The fourth-order valence-electron chi connectivity index (χ4n) is 4.03. The average molecular weight is 412 g/mol. The molecule has 0 aliphatic carbocycles. The summed E-state index contributed by atoms with van der Waals surface area (Å²) in [5.74, 6) is 1.74. The van der Waals surface area contributed by atoms with Gasteiger partial charge in [0.25, 0.3) is 0 Å². The first-order chi connectivity index (χ1) is 12.0. The monoisotopic (exact) mass is 412 g/mol. The van der Waals surface area contributed by atoms with Gasteiger partial charge in [-0.1, -0.05) is 68.4 Å². The molecule has 0 fully saturated rings. The first kappa shape index (κ1) is 22.8. The van der Waals surface area contributed by atoms with Crippen molar-refractivity contribution >= 4 is 20.4 Å². The quantitative estimate of drug-likeness (QED) is 0.501. The Morgan fingerprint density at radius 1 is 1.00 bits per heavy atom. The molecule has 0 aromatic heterocycles. The lowest BCUT2D eigenvalue weighted by molar-refractivity contribution is 0.244. The van der Waals surface area contributed by atoms with E-state index < -0.39 is 15.1 Å². The van der Waals surface area contributed by atoms with Crippen LogP contribution in [-0.2, 0) is 4.57 Å². The van der Waals surface area contributed by atoms with E-state index in [9.17, 15) is 4.57 Å². The molecule has 5 heteroatoms. The standard InChI is InChI=1S/C22H38O3P2/c1-15(2)24-16-13-12-14-17-18(16)26(20(3,4)5)19(25-17)27(23,21(6,7)8)22(9,10)11/h12-15,19H,1-11H3/t19-,26-/m1/s1. The number of fused-ring (bicyclic) bond motifs is 1. The summed E-state index contributed by atoms with van der Waals surface area (Å²) in [4.78, 5) is 0. The van der Waals surface area contributed by atoms with E-state index in [0.717, 1.165) is 16.8 Å². The van der Waals surface area contributed by atoms with Gasteiger partial charge in [-0.05, 0) is 39.1 Å². The second-order valence-corrected chi connectivity index (χ2v) is 18.6. The molecule has 1 aromatic carbocycles. The fraction of sp³-hybridized carbons (Fsp3) is 0.727. The van der Waals surface area contributed by atoms with Crippen molar-refractivity contribution in [1.29, 1.82) is 0 Å². The number of hydrogen-bond donors (Lipinski definition) is 0. The Bertz CT molecular complexity index is 715. The zero-order valence-electron chi connectivity index (χ0n) is 19.0. The molecule has 0 N–H and O–H groups in total. The zero-order chi connectivity index (χ0) is 21.0. The number of benzene rings is 1. The van der Waals surface area contributed by atoms with E-state index in [2.05, 4.69) is 62.3 Å². The Hall–Kier alpha value is -0.520. The van der Waals surface area contributed by atoms with E-state index in [1.807, 2.05) is 32.0 Å². The minimum atomic E-state index is -2.77. The topological polar surface area (TPSA) is 35.5 Å². The van der Waals surface area contributed by atoms with Crippen LogP contribution in [0.25, 0.3) is 0 Å². The molecule has 1 heterocycles. The molecule has 0 radical (unpaired) electrons. The van der Waals surface area contributed by atoms with Crippen LogP contribution in [0.2, 0.25) is 0 Å². The highest BCUT2D eigenvalue weighted by molar-refractivity contribution is 7.84. The van der Waals surface area contributed by atoms with Gasteiger partial charge in [0.05, 0.1) is 11.4 Å². The van der Waals surface area contributed by atoms with Crippen LogP contribution in [0.3, 0.4) is 0 Å². The molecule has 2 atom stereocenters. The summed E-state index contributed by atoms with van der Waals surface area (Å²) in [6.07, 6.45) is 0.0874. The first-order valence-electron chi connectivity index (χ1n) is 9.87. The molecule has 1 aliphatic rings. The van der Waals surface area contributed by atoms with Crippen molar-refractivity contribution in [3.05, 3.63) is 18.2 Å². The third-order valence-electron chi connectivity index (χ3n) is 5.05. The maximum Gasteiger partial charge on any atom is 0.174 e. The highest BCUT2D eigenvalue weighted by atomic mass is 31.2. The van der Waals surface area contributed by atoms with E-state index in [-0.39, 0.29) is 27.2 Å². The SMILES string of the molecule is CC(C)Oc1cccc2c1[P@@](C(C)(C)C)[C@H](P(=O)(C(C)(C)C)C(C)(C)C)O2. The van der Waals surface area contributed by atoms with Crippen molar-refractivity contribution in [2.75, 3.05) is 0 Å². The highest BCUT2D eigenvalue weighted by Crippen LogP contribution is 2.80. The lowest BCUT2D eigenvalue weighted by atomic mass is 10.2. The molecule has 0 unspecified atom stereocenters. The van der Waals surface area contributed by atoms with E-state index in [1.165, 1.54) is 0 Å². The van der Waals surface area contributed by atoms with Gasteiger partial charge in [-0.15, -0.1) is 0 Å². The molecule has 0 spiro atoms. The molecule has 3 nitrogen and oxygen atoms in total. The van der Waals surface area contributed by atoms with Gasteiger partial charge in [0, 0.05) is 10.3 Å². The summed E-state index contributed by atoms with van der Waals surface area (Å²) in [7, 11) is -3.62. The summed E-state index contributed by atoms with van der Waals surface area (Å²) >= 11 is 0.